The molecule has 1 aromatic heterocycles. The van der Waals surface area contributed by atoms with Crippen LogP contribution in [-0.2, 0) is 18.3 Å². The Morgan fingerprint density at radius 1 is 1.77 bits per heavy atom. The minimum Gasteiger partial charge on any atom is -0.311 e. The highest BCUT2D eigenvalue weighted by atomic mass is 16.1. The van der Waals surface area contributed by atoms with Crippen LogP contribution in [0.4, 0.5) is 0 Å². The van der Waals surface area contributed by atoms with Gasteiger partial charge in [-0.25, -0.2) is 0 Å². The van der Waals surface area contributed by atoms with Crippen molar-refractivity contribution in [2.75, 3.05) is 7.05 Å². The highest BCUT2D eigenvalue weighted by Gasteiger charge is 2.12. The number of likely N-dealkylation sites (N-methyl/N-ethyl adjacent to an activating group) is 1. The van der Waals surface area contributed by atoms with Gasteiger partial charge < -0.3 is 5.32 Å². The summed E-state index contributed by atoms with van der Waals surface area (Å²) in [5.74, 6) is 0.128. The lowest BCUT2D eigenvalue weighted by Gasteiger charge is -2.06. The number of Topliss-reactive ketones (excluding diaryl/α,β-unsaturated/α-hetero) is 1. The van der Waals surface area contributed by atoms with Crippen LogP contribution in [0.5, 0.6) is 0 Å². The first-order valence-corrected chi connectivity index (χ1v) is 4.18. The topological polar surface area (TPSA) is 59.8 Å². The summed E-state index contributed by atoms with van der Waals surface area (Å²) in [7, 11) is 3.54. The van der Waals surface area contributed by atoms with Crippen molar-refractivity contribution >= 4 is 5.78 Å². The summed E-state index contributed by atoms with van der Waals surface area (Å²) in [6.45, 7) is 1.83. The maximum atomic E-state index is 11.4. The van der Waals surface area contributed by atoms with Crippen molar-refractivity contribution in [3.63, 3.8) is 0 Å². The predicted octanol–water partition coefficient (Wildman–Crippen LogP) is -0.465. The molecule has 72 valence electrons. The molecule has 1 heterocycles. The minimum absolute atomic E-state index is 0.123. The van der Waals surface area contributed by atoms with E-state index in [2.05, 4.69) is 15.6 Å². The van der Waals surface area contributed by atoms with Crippen LogP contribution in [0, 0.1) is 0 Å². The van der Waals surface area contributed by atoms with Crippen LogP contribution in [0.15, 0.2) is 6.20 Å². The number of ketones is 1. The lowest BCUT2D eigenvalue weighted by molar-refractivity contribution is -0.119. The van der Waals surface area contributed by atoms with Gasteiger partial charge in [-0.1, -0.05) is 5.21 Å². The molecule has 0 saturated heterocycles. The van der Waals surface area contributed by atoms with Crippen LogP contribution in [0.25, 0.3) is 0 Å². The summed E-state index contributed by atoms with van der Waals surface area (Å²) in [5, 5.41) is 10.5. The zero-order chi connectivity index (χ0) is 9.84. The molecular weight excluding hydrogens is 168 g/mol. The summed E-state index contributed by atoms with van der Waals surface area (Å²) in [6.07, 6.45) is 2.09. The monoisotopic (exact) mass is 182 g/mol. The number of rotatable bonds is 4. The highest BCUT2D eigenvalue weighted by Crippen LogP contribution is 1.96. The first-order valence-electron chi connectivity index (χ1n) is 4.18. The SMILES string of the molecule is CNC(C)C(=O)Cc1cn(C)nn1. The Balaban J connectivity index is 2.54. The molecule has 1 rings (SSSR count). The van der Waals surface area contributed by atoms with Gasteiger partial charge in [0.15, 0.2) is 5.78 Å². The third kappa shape index (κ3) is 2.62. The van der Waals surface area contributed by atoms with Gasteiger partial charge in [0.1, 0.15) is 0 Å². The van der Waals surface area contributed by atoms with Crippen molar-refractivity contribution in [3.8, 4) is 0 Å². The molecule has 1 aromatic rings. The Labute approximate surface area is 77.1 Å². The van der Waals surface area contributed by atoms with Crippen LogP contribution >= 0.6 is 0 Å². The molecule has 0 aliphatic heterocycles. The van der Waals surface area contributed by atoms with E-state index in [9.17, 15) is 4.79 Å². The summed E-state index contributed by atoms with van der Waals surface area (Å²) in [6, 6.07) is -0.123. The van der Waals surface area contributed by atoms with Crippen LogP contribution in [0.1, 0.15) is 12.6 Å². The summed E-state index contributed by atoms with van der Waals surface area (Å²) in [5.41, 5.74) is 0.717. The van der Waals surface area contributed by atoms with Crippen molar-refractivity contribution < 1.29 is 4.79 Å². The predicted molar refractivity (Wildman–Crippen MR) is 48.2 cm³/mol. The summed E-state index contributed by atoms with van der Waals surface area (Å²) in [4.78, 5) is 11.4. The van der Waals surface area contributed by atoms with Gasteiger partial charge in [0.05, 0.1) is 18.2 Å². The van der Waals surface area contributed by atoms with E-state index in [1.165, 1.54) is 0 Å². The largest absolute Gasteiger partial charge is 0.311 e. The first kappa shape index (κ1) is 9.85. The van der Waals surface area contributed by atoms with Gasteiger partial charge in [0.25, 0.3) is 0 Å². The maximum absolute atomic E-state index is 11.4. The van der Waals surface area contributed by atoms with E-state index in [0.717, 1.165) is 5.69 Å². The van der Waals surface area contributed by atoms with Gasteiger partial charge >= 0.3 is 0 Å². The zero-order valence-corrected chi connectivity index (χ0v) is 8.11. The smallest absolute Gasteiger partial charge is 0.155 e. The number of hydrogen-bond acceptors (Lipinski definition) is 4. The van der Waals surface area contributed by atoms with Crippen molar-refractivity contribution in [3.05, 3.63) is 11.9 Å². The minimum atomic E-state index is -0.123. The fraction of sp³-hybridized carbons (Fsp3) is 0.625. The van der Waals surface area contributed by atoms with Crippen molar-refractivity contribution in [2.45, 2.75) is 19.4 Å². The summed E-state index contributed by atoms with van der Waals surface area (Å²) < 4.78 is 1.59. The lowest BCUT2D eigenvalue weighted by atomic mass is 10.1. The van der Waals surface area contributed by atoms with Gasteiger partial charge in [0.2, 0.25) is 0 Å². The number of nitrogens with one attached hydrogen (secondary N) is 1. The molecule has 1 N–H and O–H groups in total. The first-order chi connectivity index (χ1) is 6.13. The van der Waals surface area contributed by atoms with Crippen LogP contribution < -0.4 is 5.32 Å². The third-order valence-electron chi connectivity index (χ3n) is 1.92. The maximum Gasteiger partial charge on any atom is 0.155 e. The van der Waals surface area contributed by atoms with E-state index in [1.807, 2.05) is 6.92 Å². The van der Waals surface area contributed by atoms with Gasteiger partial charge in [-0.3, -0.25) is 9.48 Å². The van der Waals surface area contributed by atoms with E-state index in [-0.39, 0.29) is 11.8 Å². The molecule has 0 fully saturated rings. The van der Waals surface area contributed by atoms with Gasteiger partial charge in [0, 0.05) is 13.2 Å². The molecule has 0 amide bonds. The normalized spacial score (nSPS) is 12.8. The molecule has 0 spiro atoms. The Bertz CT molecular complexity index is 294. The lowest BCUT2D eigenvalue weighted by Crippen LogP contribution is -2.31. The standard InChI is InChI=1S/C8H14N4O/c1-6(9-2)8(13)4-7-5-12(3)11-10-7/h5-6,9H,4H2,1-3H3. The molecular formula is C8H14N4O. The third-order valence-corrected chi connectivity index (χ3v) is 1.92. The van der Waals surface area contributed by atoms with Crippen LogP contribution in [-0.4, -0.2) is 33.9 Å². The fourth-order valence-electron chi connectivity index (χ4n) is 0.969. The molecule has 1 atom stereocenters. The second kappa shape index (κ2) is 4.13. The molecule has 0 aliphatic rings. The van der Waals surface area contributed by atoms with Gasteiger partial charge in [-0.05, 0) is 14.0 Å². The van der Waals surface area contributed by atoms with Crippen molar-refractivity contribution in [2.24, 2.45) is 7.05 Å². The van der Waals surface area contributed by atoms with E-state index >= 15 is 0 Å². The molecule has 0 bridgehead atoms. The molecule has 0 aromatic carbocycles. The number of nitrogens with zero attached hydrogens (tertiary/aromatic N) is 3. The zero-order valence-electron chi connectivity index (χ0n) is 8.11. The number of carbonyl (C=O) groups excluding carboxylic acids is 1. The van der Waals surface area contributed by atoms with Crippen molar-refractivity contribution in [1.82, 2.24) is 20.3 Å². The van der Waals surface area contributed by atoms with E-state index in [0.29, 0.717) is 6.42 Å². The Morgan fingerprint density at radius 2 is 2.46 bits per heavy atom. The Kier molecular flexibility index (Phi) is 3.13. The molecule has 5 nitrogen and oxygen atoms in total. The van der Waals surface area contributed by atoms with Gasteiger partial charge in [-0.2, -0.15) is 0 Å². The molecule has 0 aliphatic carbocycles. The van der Waals surface area contributed by atoms with Crippen LogP contribution in [0.2, 0.25) is 0 Å². The Hall–Kier alpha value is -1.23. The second-order valence-electron chi connectivity index (χ2n) is 3.04. The average Bonchev–Trinajstić information content (AvgIpc) is 2.49. The second-order valence-corrected chi connectivity index (χ2v) is 3.04. The Morgan fingerprint density at radius 3 is 2.92 bits per heavy atom. The molecule has 13 heavy (non-hydrogen) atoms. The van der Waals surface area contributed by atoms with Crippen molar-refractivity contribution in [1.29, 1.82) is 0 Å². The summed E-state index contributed by atoms with van der Waals surface area (Å²) >= 11 is 0. The number of carbonyl (C=O) groups is 1. The number of hydrogen-bond donors (Lipinski definition) is 1. The molecule has 0 saturated carbocycles. The highest BCUT2D eigenvalue weighted by molar-refractivity contribution is 5.85. The quantitative estimate of drug-likeness (QED) is 0.684. The fourth-order valence-corrected chi connectivity index (χ4v) is 0.969. The van der Waals surface area contributed by atoms with Gasteiger partial charge in [-0.15, -0.1) is 5.10 Å². The van der Waals surface area contributed by atoms with E-state index in [1.54, 1.807) is 25.0 Å². The van der Waals surface area contributed by atoms with E-state index in [4.69, 9.17) is 0 Å². The average molecular weight is 182 g/mol. The number of aryl methyl sites for hydroxylation is 1. The molecule has 0 radical (unpaired) electrons. The molecule has 1 unspecified atom stereocenters. The number of aromatic nitrogens is 3. The van der Waals surface area contributed by atoms with Crippen LogP contribution in [0.3, 0.4) is 0 Å². The van der Waals surface area contributed by atoms with E-state index < -0.39 is 0 Å². The molecule has 5 heteroatoms.